The van der Waals surface area contributed by atoms with E-state index in [2.05, 4.69) is 25.9 Å². The zero-order valence-electron chi connectivity index (χ0n) is 10.3. The molecule has 19 heavy (non-hydrogen) atoms. The SMILES string of the molecule is Cc1ccccc1C(CF)Oc1nc(Br)cnc1N. The van der Waals surface area contributed by atoms with Crippen molar-refractivity contribution in [2.24, 2.45) is 0 Å². The van der Waals surface area contributed by atoms with Crippen LogP contribution in [0.5, 0.6) is 5.88 Å². The Labute approximate surface area is 119 Å². The van der Waals surface area contributed by atoms with Gasteiger partial charge in [0.05, 0.1) is 6.20 Å². The lowest BCUT2D eigenvalue weighted by molar-refractivity contribution is 0.160. The van der Waals surface area contributed by atoms with Crippen LogP contribution in [-0.4, -0.2) is 16.6 Å². The smallest absolute Gasteiger partial charge is 0.259 e. The molecule has 0 fully saturated rings. The van der Waals surface area contributed by atoms with Gasteiger partial charge in [-0.05, 0) is 34.0 Å². The number of nitrogens with zero attached hydrogens (tertiary/aromatic N) is 2. The van der Waals surface area contributed by atoms with E-state index in [0.29, 0.717) is 4.60 Å². The summed E-state index contributed by atoms with van der Waals surface area (Å²) in [6.07, 6.45) is 0.715. The summed E-state index contributed by atoms with van der Waals surface area (Å²) in [5.41, 5.74) is 7.39. The summed E-state index contributed by atoms with van der Waals surface area (Å²) in [6.45, 7) is 1.23. The fraction of sp³-hybridized carbons (Fsp3) is 0.231. The van der Waals surface area contributed by atoms with Crippen LogP contribution in [0.2, 0.25) is 0 Å². The Morgan fingerprint density at radius 3 is 2.84 bits per heavy atom. The third-order valence-electron chi connectivity index (χ3n) is 2.67. The van der Waals surface area contributed by atoms with Gasteiger partial charge >= 0.3 is 0 Å². The van der Waals surface area contributed by atoms with Gasteiger partial charge < -0.3 is 10.5 Å². The number of nitrogens with two attached hydrogens (primary N) is 1. The number of alkyl halides is 1. The number of nitrogen functional groups attached to an aromatic ring is 1. The molecule has 0 bridgehead atoms. The van der Waals surface area contributed by atoms with Crippen molar-refractivity contribution in [3.05, 3.63) is 46.2 Å². The number of hydrogen-bond donors (Lipinski definition) is 1. The molecule has 0 aliphatic rings. The van der Waals surface area contributed by atoms with Crippen LogP contribution in [0.25, 0.3) is 0 Å². The number of hydrogen-bond acceptors (Lipinski definition) is 4. The average Bonchev–Trinajstić information content (AvgIpc) is 2.41. The molecule has 1 heterocycles. The zero-order chi connectivity index (χ0) is 13.8. The van der Waals surface area contributed by atoms with Gasteiger partial charge in [0, 0.05) is 0 Å². The molecule has 2 rings (SSSR count). The maximum absolute atomic E-state index is 13.2. The van der Waals surface area contributed by atoms with Gasteiger partial charge in [-0.15, -0.1) is 0 Å². The van der Waals surface area contributed by atoms with Gasteiger partial charge in [0.25, 0.3) is 5.88 Å². The standard InChI is InChI=1S/C13H13BrFN3O/c1-8-4-2-3-5-9(8)10(6-15)19-13-12(16)17-7-11(14)18-13/h2-5,7,10H,6H2,1H3,(H2,16,17). The molecular formula is C13H13BrFN3O. The van der Waals surface area contributed by atoms with Gasteiger partial charge in [0.1, 0.15) is 11.3 Å². The number of aryl methyl sites for hydroxylation is 1. The molecule has 6 heteroatoms. The summed E-state index contributed by atoms with van der Waals surface area (Å²) in [7, 11) is 0. The van der Waals surface area contributed by atoms with Crippen LogP contribution in [0.3, 0.4) is 0 Å². The highest BCUT2D eigenvalue weighted by Gasteiger charge is 2.18. The van der Waals surface area contributed by atoms with Crippen molar-refractivity contribution in [1.29, 1.82) is 0 Å². The fourth-order valence-electron chi connectivity index (χ4n) is 1.71. The van der Waals surface area contributed by atoms with Crippen LogP contribution < -0.4 is 10.5 Å². The molecule has 1 atom stereocenters. The van der Waals surface area contributed by atoms with E-state index in [1.807, 2.05) is 31.2 Å². The molecule has 1 unspecified atom stereocenters. The lowest BCUT2D eigenvalue weighted by atomic mass is 10.0. The second-order valence-corrected chi connectivity index (χ2v) is 4.81. The van der Waals surface area contributed by atoms with Gasteiger partial charge in [0.15, 0.2) is 11.9 Å². The summed E-state index contributed by atoms with van der Waals surface area (Å²) in [6, 6.07) is 7.45. The Morgan fingerprint density at radius 1 is 1.42 bits per heavy atom. The quantitative estimate of drug-likeness (QED) is 0.937. The first-order valence-corrected chi connectivity index (χ1v) is 6.47. The molecule has 0 aliphatic heterocycles. The normalized spacial score (nSPS) is 12.2. The third kappa shape index (κ3) is 3.20. The highest BCUT2D eigenvalue weighted by molar-refractivity contribution is 9.10. The molecule has 0 aliphatic carbocycles. The van der Waals surface area contributed by atoms with E-state index in [0.717, 1.165) is 11.1 Å². The van der Waals surface area contributed by atoms with E-state index in [4.69, 9.17) is 10.5 Å². The Morgan fingerprint density at radius 2 is 2.16 bits per heavy atom. The first kappa shape index (κ1) is 13.7. The topological polar surface area (TPSA) is 61.0 Å². The van der Waals surface area contributed by atoms with Crippen molar-refractivity contribution >= 4 is 21.7 Å². The van der Waals surface area contributed by atoms with Crippen LogP contribution in [0.4, 0.5) is 10.2 Å². The van der Waals surface area contributed by atoms with Crippen LogP contribution in [0.15, 0.2) is 35.1 Å². The summed E-state index contributed by atoms with van der Waals surface area (Å²) in [5.74, 6) is 0.260. The first-order chi connectivity index (χ1) is 9.11. The van der Waals surface area contributed by atoms with Gasteiger partial charge in [-0.1, -0.05) is 24.3 Å². The molecule has 0 spiro atoms. The van der Waals surface area contributed by atoms with Crippen molar-refractivity contribution < 1.29 is 9.13 Å². The van der Waals surface area contributed by atoms with Gasteiger partial charge in [-0.25, -0.2) is 14.4 Å². The molecule has 0 amide bonds. The highest BCUT2D eigenvalue weighted by atomic mass is 79.9. The predicted octanol–water partition coefficient (Wildman–Crippen LogP) is 3.22. The van der Waals surface area contributed by atoms with Gasteiger partial charge in [0.2, 0.25) is 0 Å². The maximum Gasteiger partial charge on any atom is 0.259 e. The largest absolute Gasteiger partial charge is 0.464 e. The molecule has 0 radical (unpaired) electrons. The summed E-state index contributed by atoms with van der Waals surface area (Å²) < 4.78 is 19.2. The second-order valence-electron chi connectivity index (χ2n) is 4.00. The van der Waals surface area contributed by atoms with E-state index in [-0.39, 0.29) is 11.7 Å². The molecule has 1 aromatic heterocycles. The molecule has 0 saturated carbocycles. The summed E-state index contributed by atoms with van der Waals surface area (Å²) in [5, 5.41) is 0. The molecule has 2 N–H and O–H groups in total. The lowest BCUT2D eigenvalue weighted by Gasteiger charge is -2.18. The van der Waals surface area contributed by atoms with E-state index in [1.54, 1.807) is 0 Å². The second kappa shape index (κ2) is 5.97. The van der Waals surface area contributed by atoms with Crippen LogP contribution >= 0.6 is 15.9 Å². The summed E-state index contributed by atoms with van der Waals surface area (Å²) in [4.78, 5) is 7.96. The average molecular weight is 326 g/mol. The maximum atomic E-state index is 13.2. The lowest BCUT2D eigenvalue weighted by Crippen LogP contribution is -2.13. The number of aromatic nitrogens is 2. The number of ether oxygens (including phenoxy) is 1. The van der Waals surface area contributed by atoms with Crippen molar-refractivity contribution in [3.63, 3.8) is 0 Å². The van der Waals surface area contributed by atoms with Crippen LogP contribution in [0, 0.1) is 6.92 Å². The van der Waals surface area contributed by atoms with Crippen LogP contribution in [-0.2, 0) is 0 Å². The monoisotopic (exact) mass is 325 g/mol. The number of halogens is 2. The van der Waals surface area contributed by atoms with Crippen LogP contribution in [0.1, 0.15) is 17.2 Å². The molecule has 2 aromatic rings. The molecular weight excluding hydrogens is 313 g/mol. The van der Waals surface area contributed by atoms with E-state index >= 15 is 0 Å². The van der Waals surface area contributed by atoms with E-state index in [1.165, 1.54) is 6.20 Å². The third-order valence-corrected chi connectivity index (χ3v) is 3.05. The molecule has 100 valence electrons. The Bertz CT molecular complexity index is 580. The first-order valence-electron chi connectivity index (χ1n) is 5.68. The zero-order valence-corrected chi connectivity index (χ0v) is 11.9. The molecule has 0 saturated heterocycles. The van der Waals surface area contributed by atoms with Gasteiger partial charge in [-0.2, -0.15) is 0 Å². The van der Waals surface area contributed by atoms with E-state index in [9.17, 15) is 4.39 Å². The minimum atomic E-state index is -0.743. The minimum absolute atomic E-state index is 0.125. The number of rotatable bonds is 4. The molecule has 4 nitrogen and oxygen atoms in total. The van der Waals surface area contributed by atoms with E-state index < -0.39 is 12.8 Å². The van der Waals surface area contributed by atoms with Crippen molar-refractivity contribution in [3.8, 4) is 5.88 Å². The van der Waals surface area contributed by atoms with Crippen molar-refractivity contribution in [2.75, 3.05) is 12.4 Å². The Balaban J connectivity index is 2.29. The Hall–Kier alpha value is -1.69. The molecule has 1 aromatic carbocycles. The highest BCUT2D eigenvalue weighted by Crippen LogP contribution is 2.27. The number of anilines is 1. The van der Waals surface area contributed by atoms with Crippen molar-refractivity contribution in [1.82, 2.24) is 9.97 Å². The predicted molar refractivity (Wildman–Crippen MR) is 74.7 cm³/mol. The van der Waals surface area contributed by atoms with Crippen molar-refractivity contribution in [2.45, 2.75) is 13.0 Å². The minimum Gasteiger partial charge on any atom is -0.464 e. The Kier molecular flexibility index (Phi) is 4.31. The summed E-state index contributed by atoms with van der Waals surface area (Å²) >= 11 is 3.18. The fourth-order valence-corrected chi connectivity index (χ4v) is 1.97. The van der Waals surface area contributed by atoms with Gasteiger partial charge in [-0.3, -0.25) is 0 Å². The number of benzene rings is 1.